The summed E-state index contributed by atoms with van der Waals surface area (Å²) in [5.74, 6) is 0. The molecule has 0 radical (unpaired) electrons. The molecule has 0 aliphatic heterocycles. The summed E-state index contributed by atoms with van der Waals surface area (Å²) in [6.07, 6.45) is 1.77. The van der Waals surface area contributed by atoms with E-state index < -0.39 is 0 Å². The van der Waals surface area contributed by atoms with Crippen LogP contribution in [0, 0.1) is 0 Å². The van der Waals surface area contributed by atoms with Crippen LogP contribution in [0.5, 0.6) is 0 Å². The van der Waals surface area contributed by atoms with Gasteiger partial charge in [-0.3, -0.25) is 0 Å². The Kier molecular flexibility index (Phi) is 2.75. The normalized spacial score (nSPS) is 24.4. The van der Waals surface area contributed by atoms with Crippen molar-refractivity contribution in [1.82, 2.24) is 0 Å². The first kappa shape index (κ1) is 9.94. The van der Waals surface area contributed by atoms with Crippen LogP contribution >= 0.6 is 15.9 Å². The summed E-state index contributed by atoms with van der Waals surface area (Å²) >= 11 is 3.41. The molecule has 1 unspecified atom stereocenters. The molecule has 0 aromatic heterocycles. The maximum Gasteiger partial charge on any atom is 0.0759 e. The van der Waals surface area contributed by atoms with Crippen LogP contribution in [-0.4, -0.2) is 11.2 Å². The quantitative estimate of drug-likeness (QED) is 0.813. The number of allylic oxidation sites excluding steroid dienone is 1. The highest BCUT2D eigenvalue weighted by atomic mass is 79.9. The molecule has 2 heteroatoms. The first-order chi connectivity index (χ1) is 6.68. The molecule has 0 bridgehead atoms. The molecule has 74 valence electrons. The van der Waals surface area contributed by atoms with Crippen LogP contribution < -0.4 is 0 Å². The molecule has 0 amide bonds. The Morgan fingerprint density at radius 1 is 1.36 bits per heavy atom. The molecule has 1 N–H and O–H groups in total. The van der Waals surface area contributed by atoms with Crippen molar-refractivity contribution in [2.45, 2.75) is 25.9 Å². The highest BCUT2D eigenvalue weighted by Crippen LogP contribution is 2.33. The molecule has 1 saturated carbocycles. The van der Waals surface area contributed by atoms with E-state index in [9.17, 15) is 5.11 Å². The van der Waals surface area contributed by atoms with Gasteiger partial charge in [-0.25, -0.2) is 0 Å². The van der Waals surface area contributed by atoms with Gasteiger partial charge in [0.05, 0.1) is 6.10 Å². The van der Waals surface area contributed by atoms with Crippen LogP contribution in [0.4, 0.5) is 0 Å². The molecule has 1 aromatic rings. The number of hydrogen-bond donors (Lipinski definition) is 1. The largest absolute Gasteiger partial charge is 0.389 e. The van der Waals surface area contributed by atoms with Gasteiger partial charge in [-0.1, -0.05) is 28.1 Å². The molecule has 1 nitrogen and oxygen atoms in total. The van der Waals surface area contributed by atoms with E-state index in [1.807, 2.05) is 12.1 Å². The zero-order valence-corrected chi connectivity index (χ0v) is 9.71. The second kappa shape index (κ2) is 3.87. The predicted octanol–water partition coefficient (Wildman–Crippen LogP) is 3.38. The van der Waals surface area contributed by atoms with Gasteiger partial charge in [0.15, 0.2) is 0 Å². The van der Waals surface area contributed by atoms with Crippen molar-refractivity contribution in [1.29, 1.82) is 0 Å². The first-order valence-corrected chi connectivity index (χ1v) is 5.61. The van der Waals surface area contributed by atoms with Gasteiger partial charge in [-0.2, -0.15) is 0 Å². The number of halogens is 1. The summed E-state index contributed by atoms with van der Waals surface area (Å²) in [4.78, 5) is 0. The fourth-order valence-electron chi connectivity index (χ4n) is 1.74. The van der Waals surface area contributed by atoms with Gasteiger partial charge < -0.3 is 5.11 Å². The molecule has 1 aliphatic rings. The van der Waals surface area contributed by atoms with E-state index in [1.54, 1.807) is 0 Å². The molecule has 14 heavy (non-hydrogen) atoms. The Balaban J connectivity index is 2.31. The van der Waals surface area contributed by atoms with Gasteiger partial charge in [0.2, 0.25) is 0 Å². The summed E-state index contributed by atoms with van der Waals surface area (Å²) < 4.78 is 1.09. The molecular weight excluding hydrogens is 240 g/mol. The van der Waals surface area contributed by atoms with Crippen molar-refractivity contribution in [3.63, 3.8) is 0 Å². The smallest absolute Gasteiger partial charge is 0.0759 e. The zero-order valence-electron chi connectivity index (χ0n) is 8.13. The summed E-state index contributed by atoms with van der Waals surface area (Å²) in [6, 6.07) is 8.23. The van der Waals surface area contributed by atoms with Gasteiger partial charge >= 0.3 is 0 Å². The molecule has 1 atom stereocenters. The van der Waals surface area contributed by atoms with Crippen LogP contribution in [0.2, 0.25) is 0 Å². The van der Waals surface area contributed by atoms with Gasteiger partial charge in [-0.15, -0.1) is 0 Å². The second-order valence-electron chi connectivity index (χ2n) is 3.71. The minimum Gasteiger partial charge on any atom is -0.389 e. The van der Waals surface area contributed by atoms with E-state index in [1.165, 1.54) is 16.7 Å². The highest BCUT2D eigenvalue weighted by Gasteiger charge is 2.23. The van der Waals surface area contributed by atoms with E-state index in [4.69, 9.17) is 0 Å². The lowest BCUT2D eigenvalue weighted by Gasteiger charge is -2.27. The Labute approximate surface area is 92.6 Å². The molecule has 1 aromatic carbocycles. The predicted molar refractivity (Wildman–Crippen MR) is 62.0 cm³/mol. The Hall–Kier alpha value is -0.600. The van der Waals surface area contributed by atoms with Crippen molar-refractivity contribution in [2.24, 2.45) is 0 Å². The van der Waals surface area contributed by atoms with E-state index in [0.29, 0.717) is 0 Å². The average molecular weight is 253 g/mol. The third-order valence-corrected chi connectivity index (χ3v) is 3.38. The molecule has 1 fully saturated rings. The summed E-state index contributed by atoms with van der Waals surface area (Å²) in [5.41, 5.74) is 3.64. The summed E-state index contributed by atoms with van der Waals surface area (Å²) in [5, 5.41) is 9.53. The van der Waals surface area contributed by atoms with Gasteiger partial charge in [-0.05, 0) is 48.6 Å². The monoisotopic (exact) mass is 252 g/mol. The van der Waals surface area contributed by atoms with Crippen molar-refractivity contribution in [2.75, 3.05) is 0 Å². The lowest BCUT2D eigenvalue weighted by Crippen LogP contribution is -2.22. The standard InChI is InChI=1S/C12H13BrO/c1-8(11-6-7-12(11)14)9-2-4-10(13)5-3-9/h2-5,12,14H,6-7H2,1H3. The SMILES string of the molecule is CC(=C1CCC1O)c1ccc(Br)cc1. The minimum atomic E-state index is -0.196. The molecule has 1 aliphatic carbocycles. The van der Waals surface area contributed by atoms with Crippen molar-refractivity contribution < 1.29 is 5.11 Å². The van der Waals surface area contributed by atoms with Crippen LogP contribution in [0.25, 0.3) is 5.57 Å². The maximum atomic E-state index is 9.53. The molecule has 2 rings (SSSR count). The Morgan fingerprint density at radius 3 is 2.43 bits per heavy atom. The lowest BCUT2D eigenvalue weighted by molar-refractivity contribution is 0.157. The Bertz CT molecular complexity index is 364. The molecule has 0 spiro atoms. The van der Waals surface area contributed by atoms with Crippen molar-refractivity contribution in [3.05, 3.63) is 39.9 Å². The summed E-state index contributed by atoms with van der Waals surface area (Å²) in [6.45, 7) is 2.08. The number of rotatable bonds is 1. The fourth-order valence-corrected chi connectivity index (χ4v) is 2.00. The van der Waals surface area contributed by atoms with Crippen LogP contribution in [-0.2, 0) is 0 Å². The van der Waals surface area contributed by atoms with Crippen LogP contribution in [0.1, 0.15) is 25.3 Å². The molecule has 0 saturated heterocycles. The fraction of sp³-hybridized carbons (Fsp3) is 0.333. The number of aliphatic hydroxyl groups is 1. The zero-order chi connectivity index (χ0) is 10.1. The minimum absolute atomic E-state index is 0.196. The summed E-state index contributed by atoms with van der Waals surface area (Å²) in [7, 11) is 0. The third kappa shape index (κ3) is 1.77. The average Bonchev–Trinajstić information content (AvgIpc) is 2.16. The first-order valence-electron chi connectivity index (χ1n) is 4.82. The number of hydrogen-bond acceptors (Lipinski definition) is 1. The number of benzene rings is 1. The van der Waals surface area contributed by atoms with E-state index in [0.717, 1.165) is 17.3 Å². The topological polar surface area (TPSA) is 20.2 Å². The molecular formula is C12H13BrO. The van der Waals surface area contributed by atoms with E-state index in [2.05, 4.69) is 35.0 Å². The van der Waals surface area contributed by atoms with Crippen LogP contribution in [0.3, 0.4) is 0 Å². The van der Waals surface area contributed by atoms with Crippen molar-refractivity contribution in [3.8, 4) is 0 Å². The Morgan fingerprint density at radius 2 is 2.00 bits per heavy atom. The van der Waals surface area contributed by atoms with Gasteiger partial charge in [0, 0.05) is 4.47 Å². The maximum absolute atomic E-state index is 9.53. The molecule has 0 heterocycles. The third-order valence-electron chi connectivity index (χ3n) is 2.85. The van der Waals surface area contributed by atoms with Gasteiger partial charge in [0.25, 0.3) is 0 Å². The van der Waals surface area contributed by atoms with E-state index >= 15 is 0 Å². The highest BCUT2D eigenvalue weighted by molar-refractivity contribution is 9.10. The van der Waals surface area contributed by atoms with E-state index in [-0.39, 0.29) is 6.10 Å². The van der Waals surface area contributed by atoms with Crippen LogP contribution in [0.15, 0.2) is 34.3 Å². The number of aliphatic hydroxyl groups excluding tert-OH is 1. The lowest BCUT2D eigenvalue weighted by atomic mass is 9.83. The van der Waals surface area contributed by atoms with Crippen molar-refractivity contribution >= 4 is 21.5 Å². The second-order valence-corrected chi connectivity index (χ2v) is 4.63. The van der Waals surface area contributed by atoms with Gasteiger partial charge in [0.1, 0.15) is 0 Å².